The first-order chi connectivity index (χ1) is 14.0. The zero-order valence-corrected chi connectivity index (χ0v) is 17.9. The summed E-state index contributed by atoms with van der Waals surface area (Å²) in [6.45, 7) is 0.145. The predicted molar refractivity (Wildman–Crippen MR) is 120 cm³/mol. The van der Waals surface area contributed by atoms with Gasteiger partial charge in [-0.05, 0) is 57.0 Å². The second-order valence-electron chi connectivity index (χ2n) is 6.57. The summed E-state index contributed by atoms with van der Waals surface area (Å²) in [7, 11) is 0. The van der Waals surface area contributed by atoms with E-state index in [1.807, 2.05) is 59.0 Å². The third-order valence-corrected chi connectivity index (χ3v) is 5.93. The fourth-order valence-corrected chi connectivity index (χ4v) is 4.77. The molecule has 0 bridgehead atoms. The van der Waals surface area contributed by atoms with Gasteiger partial charge < -0.3 is 9.84 Å². The molecule has 5 nitrogen and oxygen atoms in total. The van der Waals surface area contributed by atoms with Crippen LogP contribution in [-0.2, 0) is 4.74 Å². The Balaban J connectivity index is 1.54. The number of hydrogen-bond acceptors (Lipinski definition) is 3. The van der Waals surface area contributed by atoms with E-state index in [0.29, 0.717) is 3.57 Å². The highest BCUT2D eigenvalue weighted by Gasteiger charge is 2.29. The maximum atomic E-state index is 12.4. The third-order valence-electron chi connectivity index (χ3n) is 4.86. The highest BCUT2D eigenvalue weighted by molar-refractivity contribution is 14.1. The molecule has 0 saturated carbocycles. The van der Waals surface area contributed by atoms with E-state index >= 15 is 0 Å². The zero-order chi connectivity index (χ0) is 20.5. The Morgan fingerprint density at radius 3 is 2.21 bits per heavy atom. The molecule has 29 heavy (non-hydrogen) atoms. The average Bonchev–Trinajstić information content (AvgIpc) is 3.02. The summed E-state index contributed by atoms with van der Waals surface area (Å²) in [4.78, 5) is 23.9. The summed E-state index contributed by atoms with van der Waals surface area (Å²) < 4.78 is 6.00. The van der Waals surface area contributed by atoms with Gasteiger partial charge >= 0.3 is 12.1 Å². The monoisotopic (exact) mass is 519 g/mol. The molecule has 3 aromatic carbocycles. The van der Waals surface area contributed by atoms with Crippen molar-refractivity contribution in [1.82, 2.24) is 0 Å². The standard InChI is InChI=1S/C22H15ClINO4/c23-12-9-17(21(26)27)20(19(24)10-12)25-22(28)29-11-18-15-7-3-1-5-13(15)14-6-2-4-8-16(14)18/h1-10,18H,11H2,(H,25,28)(H,26,27). The Morgan fingerprint density at radius 1 is 1.03 bits per heavy atom. The van der Waals surface area contributed by atoms with Crippen molar-refractivity contribution >= 4 is 51.9 Å². The van der Waals surface area contributed by atoms with Crippen LogP contribution in [0.25, 0.3) is 11.1 Å². The quantitative estimate of drug-likeness (QED) is 0.414. The number of fused-ring (bicyclic) bond motifs is 3. The minimum Gasteiger partial charge on any atom is -0.478 e. The number of halogens is 2. The number of anilines is 1. The Morgan fingerprint density at radius 2 is 1.62 bits per heavy atom. The first-order valence-corrected chi connectivity index (χ1v) is 10.3. The molecule has 0 aliphatic heterocycles. The smallest absolute Gasteiger partial charge is 0.411 e. The van der Waals surface area contributed by atoms with Crippen molar-refractivity contribution in [3.63, 3.8) is 0 Å². The largest absolute Gasteiger partial charge is 0.478 e. The molecule has 0 saturated heterocycles. The molecule has 7 heteroatoms. The van der Waals surface area contributed by atoms with Crippen LogP contribution in [0.1, 0.15) is 27.4 Å². The van der Waals surface area contributed by atoms with Crippen molar-refractivity contribution in [1.29, 1.82) is 0 Å². The molecule has 0 spiro atoms. The van der Waals surface area contributed by atoms with Gasteiger partial charge in [0.1, 0.15) is 6.61 Å². The Kier molecular flexibility index (Phi) is 5.47. The van der Waals surface area contributed by atoms with Crippen molar-refractivity contribution in [3.8, 4) is 11.1 Å². The van der Waals surface area contributed by atoms with Gasteiger partial charge in [0.2, 0.25) is 0 Å². The lowest BCUT2D eigenvalue weighted by Crippen LogP contribution is -2.20. The number of carbonyl (C=O) groups excluding carboxylic acids is 1. The molecule has 0 aromatic heterocycles. The summed E-state index contributed by atoms with van der Waals surface area (Å²) in [5.74, 6) is -1.25. The summed E-state index contributed by atoms with van der Waals surface area (Å²) in [6, 6.07) is 19.0. The number of carbonyl (C=O) groups is 2. The number of carboxylic acids is 1. The summed E-state index contributed by atoms with van der Waals surface area (Å²) >= 11 is 7.86. The summed E-state index contributed by atoms with van der Waals surface area (Å²) in [6.07, 6.45) is -0.713. The molecule has 146 valence electrons. The van der Waals surface area contributed by atoms with Gasteiger partial charge in [0, 0.05) is 14.5 Å². The number of nitrogens with one attached hydrogen (secondary N) is 1. The Hall–Kier alpha value is -2.58. The minimum absolute atomic E-state index is 0.0728. The highest BCUT2D eigenvalue weighted by Crippen LogP contribution is 2.44. The molecule has 1 amide bonds. The molecule has 1 aliphatic carbocycles. The zero-order valence-electron chi connectivity index (χ0n) is 15.0. The van der Waals surface area contributed by atoms with Crippen LogP contribution >= 0.6 is 34.2 Å². The molecule has 0 unspecified atom stereocenters. The van der Waals surface area contributed by atoms with E-state index in [4.69, 9.17) is 16.3 Å². The normalized spacial score (nSPS) is 12.2. The molecule has 3 aromatic rings. The Bertz CT molecular complexity index is 1090. The van der Waals surface area contributed by atoms with E-state index in [0.717, 1.165) is 22.3 Å². The third kappa shape index (κ3) is 3.82. The van der Waals surface area contributed by atoms with Crippen LogP contribution in [0, 0.1) is 3.57 Å². The van der Waals surface area contributed by atoms with Crippen molar-refractivity contribution in [2.75, 3.05) is 11.9 Å². The first-order valence-electron chi connectivity index (χ1n) is 8.80. The highest BCUT2D eigenvalue weighted by atomic mass is 127. The number of amides is 1. The van der Waals surface area contributed by atoms with Crippen LogP contribution in [0.3, 0.4) is 0 Å². The van der Waals surface area contributed by atoms with Gasteiger partial charge in [-0.15, -0.1) is 0 Å². The van der Waals surface area contributed by atoms with Crippen LogP contribution < -0.4 is 5.32 Å². The van der Waals surface area contributed by atoms with E-state index < -0.39 is 12.1 Å². The van der Waals surface area contributed by atoms with Crippen LogP contribution in [0.2, 0.25) is 5.02 Å². The van der Waals surface area contributed by atoms with Gasteiger partial charge in [-0.3, -0.25) is 5.32 Å². The van der Waals surface area contributed by atoms with E-state index in [1.54, 1.807) is 6.07 Å². The van der Waals surface area contributed by atoms with E-state index in [1.165, 1.54) is 6.07 Å². The number of rotatable bonds is 4. The molecule has 0 heterocycles. The van der Waals surface area contributed by atoms with Crippen molar-refractivity contribution in [2.45, 2.75) is 5.92 Å². The van der Waals surface area contributed by atoms with Crippen LogP contribution in [0.15, 0.2) is 60.7 Å². The number of aromatic carboxylic acids is 1. The number of benzene rings is 3. The van der Waals surface area contributed by atoms with Crippen LogP contribution in [0.4, 0.5) is 10.5 Å². The fraction of sp³-hybridized carbons (Fsp3) is 0.0909. The second-order valence-corrected chi connectivity index (χ2v) is 8.16. The van der Waals surface area contributed by atoms with Gasteiger partial charge in [-0.2, -0.15) is 0 Å². The van der Waals surface area contributed by atoms with Gasteiger partial charge in [-0.1, -0.05) is 60.1 Å². The molecule has 1 aliphatic rings. The maximum absolute atomic E-state index is 12.4. The minimum atomic E-state index is -1.18. The van der Waals surface area contributed by atoms with Crippen molar-refractivity contribution in [3.05, 3.63) is 85.9 Å². The van der Waals surface area contributed by atoms with Crippen LogP contribution in [0.5, 0.6) is 0 Å². The van der Waals surface area contributed by atoms with Crippen LogP contribution in [-0.4, -0.2) is 23.8 Å². The lowest BCUT2D eigenvalue weighted by atomic mass is 9.98. The average molecular weight is 520 g/mol. The second kappa shape index (κ2) is 8.04. The van der Waals surface area contributed by atoms with Gasteiger partial charge in [0.05, 0.1) is 11.3 Å². The molecule has 4 rings (SSSR count). The lowest BCUT2D eigenvalue weighted by Gasteiger charge is -2.16. The van der Waals surface area contributed by atoms with E-state index in [-0.39, 0.29) is 28.8 Å². The molecular weight excluding hydrogens is 505 g/mol. The van der Waals surface area contributed by atoms with E-state index in [2.05, 4.69) is 17.4 Å². The van der Waals surface area contributed by atoms with Crippen molar-refractivity contribution in [2.24, 2.45) is 0 Å². The predicted octanol–water partition coefficient (Wildman–Crippen LogP) is 6.00. The topological polar surface area (TPSA) is 75.6 Å². The molecule has 0 radical (unpaired) electrons. The molecular formula is C22H15ClINO4. The van der Waals surface area contributed by atoms with E-state index in [9.17, 15) is 14.7 Å². The maximum Gasteiger partial charge on any atom is 0.411 e. The number of carboxylic acid groups (broad SMARTS) is 1. The van der Waals surface area contributed by atoms with Crippen molar-refractivity contribution < 1.29 is 19.4 Å². The number of hydrogen-bond donors (Lipinski definition) is 2. The van der Waals surface area contributed by atoms with Gasteiger partial charge in [0.25, 0.3) is 0 Å². The molecule has 0 atom stereocenters. The molecule has 2 N–H and O–H groups in total. The van der Waals surface area contributed by atoms with Gasteiger partial charge in [0.15, 0.2) is 0 Å². The summed E-state index contributed by atoms with van der Waals surface area (Å²) in [5, 5.41) is 12.2. The van der Waals surface area contributed by atoms with Gasteiger partial charge in [-0.25, -0.2) is 9.59 Å². The number of ether oxygens (including phenoxy) is 1. The summed E-state index contributed by atoms with van der Waals surface area (Å²) in [5.41, 5.74) is 4.56. The first kappa shape index (κ1) is 19.7. The molecule has 0 fully saturated rings. The Labute approximate surface area is 185 Å². The SMILES string of the molecule is O=C(Nc1c(I)cc(Cl)cc1C(=O)O)OCC1c2ccccc2-c2ccccc21. The lowest BCUT2D eigenvalue weighted by molar-refractivity contribution is 0.0698. The fourth-order valence-electron chi connectivity index (χ4n) is 3.61.